The summed E-state index contributed by atoms with van der Waals surface area (Å²) in [5.41, 5.74) is 3.81. The zero-order chi connectivity index (χ0) is 25.7. The molecule has 3 aromatic rings. The van der Waals surface area contributed by atoms with Crippen LogP contribution in [0.2, 0.25) is 0 Å². The highest BCUT2D eigenvalue weighted by atomic mass is 19.1. The summed E-state index contributed by atoms with van der Waals surface area (Å²) in [6.07, 6.45) is 0. The molecule has 0 N–H and O–H groups in total. The van der Waals surface area contributed by atoms with Crippen molar-refractivity contribution in [2.24, 2.45) is 11.8 Å². The van der Waals surface area contributed by atoms with Crippen LogP contribution < -0.4 is 4.74 Å². The van der Waals surface area contributed by atoms with E-state index in [0.29, 0.717) is 24.6 Å². The lowest BCUT2D eigenvalue weighted by molar-refractivity contribution is 0.0703. The van der Waals surface area contributed by atoms with Gasteiger partial charge in [-0.2, -0.15) is 0 Å². The molecule has 0 saturated carbocycles. The van der Waals surface area contributed by atoms with Crippen molar-refractivity contribution in [2.45, 2.75) is 33.2 Å². The van der Waals surface area contributed by atoms with Gasteiger partial charge in [-0.3, -0.25) is 14.7 Å². The third-order valence-corrected chi connectivity index (χ3v) is 6.79. The molecule has 1 aromatic heterocycles. The number of methoxy groups -OCH3 is 1. The van der Waals surface area contributed by atoms with Crippen LogP contribution in [0.1, 0.15) is 47.1 Å². The van der Waals surface area contributed by atoms with Gasteiger partial charge < -0.3 is 9.64 Å². The van der Waals surface area contributed by atoms with E-state index in [0.717, 1.165) is 36.8 Å². The first kappa shape index (κ1) is 25.8. The van der Waals surface area contributed by atoms with Crippen molar-refractivity contribution in [3.8, 4) is 5.75 Å². The summed E-state index contributed by atoms with van der Waals surface area (Å²) in [4.78, 5) is 22.6. The van der Waals surface area contributed by atoms with E-state index < -0.39 is 0 Å². The Hall–Kier alpha value is -3.25. The predicted molar refractivity (Wildman–Crippen MR) is 141 cm³/mol. The van der Waals surface area contributed by atoms with Gasteiger partial charge in [0.2, 0.25) is 0 Å². The van der Waals surface area contributed by atoms with Crippen LogP contribution >= 0.6 is 0 Å². The van der Waals surface area contributed by atoms with E-state index in [1.807, 2.05) is 30.0 Å². The summed E-state index contributed by atoms with van der Waals surface area (Å²) in [6.45, 7) is 10.1. The highest BCUT2D eigenvalue weighted by Gasteiger charge is 2.36. The number of carbonyl (C=O) groups excluding carboxylic acids is 1. The molecule has 190 valence electrons. The van der Waals surface area contributed by atoms with E-state index in [1.54, 1.807) is 19.2 Å². The third kappa shape index (κ3) is 6.49. The average Bonchev–Trinajstić information content (AvgIpc) is 3.25. The molecule has 2 atom stereocenters. The lowest BCUT2D eigenvalue weighted by Crippen LogP contribution is -2.39. The summed E-state index contributed by atoms with van der Waals surface area (Å²) in [5, 5.41) is 0. The Balaban J connectivity index is 1.60. The van der Waals surface area contributed by atoms with Gasteiger partial charge in [0.1, 0.15) is 11.6 Å². The number of benzene rings is 2. The van der Waals surface area contributed by atoms with E-state index in [-0.39, 0.29) is 23.6 Å². The third-order valence-electron chi connectivity index (χ3n) is 6.79. The van der Waals surface area contributed by atoms with E-state index in [1.165, 1.54) is 17.7 Å². The average molecular weight is 490 g/mol. The van der Waals surface area contributed by atoms with Crippen molar-refractivity contribution in [2.75, 3.05) is 33.3 Å². The number of hydrogen-bond acceptors (Lipinski definition) is 4. The maximum atomic E-state index is 13.5. The van der Waals surface area contributed by atoms with Crippen LogP contribution in [0.4, 0.5) is 4.39 Å². The molecule has 1 aliphatic heterocycles. The molecule has 0 aliphatic carbocycles. The first-order valence-electron chi connectivity index (χ1n) is 12.7. The Kier molecular flexibility index (Phi) is 8.36. The summed E-state index contributed by atoms with van der Waals surface area (Å²) < 4.78 is 19.0. The van der Waals surface area contributed by atoms with Crippen LogP contribution in [0.15, 0.2) is 66.7 Å². The molecular formula is C30H36FN3O2. The number of ether oxygens (including phenoxy) is 1. The van der Waals surface area contributed by atoms with Crippen LogP contribution in [-0.4, -0.2) is 54.0 Å². The molecule has 2 heterocycles. The van der Waals surface area contributed by atoms with Gasteiger partial charge in [-0.05, 0) is 72.9 Å². The van der Waals surface area contributed by atoms with Crippen molar-refractivity contribution < 1.29 is 13.9 Å². The number of amides is 1. The van der Waals surface area contributed by atoms with Crippen LogP contribution in [0.3, 0.4) is 0 Å². The number of nitrogens with zero attached hydrogens (tertiary/aromatic N) is 3. The molecule has 4 rings (SSSR count). The Labute approximate surface area is 213 Å². The van der Waals surface area contributed by atoms with Crippen molar-refractivity contribution in [1.29, 1.82) is 0 Å². The highest BCUT2D eigenvalue weighted by molar-refractivity contribution is 5.94. The second kappa shape index (κ2) is 11.7. The molecule has 36 heavy (non-hydrogen) atoms. The van der Waals surface area contributed by atoms with Crippen molar-refractivity contribution in [3.05, 3.63) is 95.1 Å². The monoisotopic (exact) mass is 489 g/mol. The van der Waals surface area contributed by atoms with Gasteiger partial charge in [0, 0.05) is 49.9 Å². The zero-order valence-electron chi connectivity index (χ0n) is 21.7. The molecule has 2 unspecified atom stereocenters. The van der Waals surface area contributed by atoms with Gasteiger partial charge in [-0.1, -0.05) is 32.0 Å². The van der Waals surface area contributed by atoms with Crippen LogP contribution in [0.25, 0.3) is 0 Å². The van der Waals surface area contributed by atoms with Crippen LogP contribution in [0, 0.1) is 24.6 Å². The molecule has 0 radical (unpaired) electrons. The number of aryl methyl sites for hydroxylation is 1. The first-order chi connectivity index (χ1) is 17.3. The summed E-state index contributed by atoms with van der Waals surface area (Å²) in [5.74, 6) is 1.26. The van der Waals surface area contributed by atoms with E-state index in [2.05, 4.69) is 43.0 Å². The van der Waals surface area contributed by atoms with Crippen molar-refractivity contribution >= 4 is 5.91 Å². The maximum absolute atomic E-state index is 13.5. The fourth-order valence-corrected chi connectivity index (χ4v) is 5.18. The molecule has 1 fully saturated rings. The Bertz CT molecular complexity index is 1160. The highest BCUT2D eigenvalue weighted by Crippen LogP contribution is 2.36. The molecule has 0 spiro atoms. The zero-order valence-corrected chi connectivity index (χ0v) is 21.7. The smallest absolute Gasteiger partial charge is 0.253 e. The molecule has 1 amide bonds. The number of aromatic nitrogens is 1. The van der Waals surface area contributed by atoms with Crippen LogP contribution in [-0.2, 0) is 6.54 Å². The quantitative estimate of drug-likeness (QED) is 0.395. The van der Waals surface area contributed by atoms with Crippen molar-refractivity contribution in [3.63, 3.8) is 0 Å². The summed E-state index contributed by atoms with van der Waals surface area (Å²) >= 11 is 0. The molecule has 1 saturated heterocycles. The number of halogens is 1. The van der Waals surface area contributed by atoms with Gasteiger partial charge in [-0.25, -0.2) is 4.39 Å². The minimum absolute atomic E-state index is 0.0492. The van der Waals surface area contributed by atoms with E-state index in [9.17, 15) is 9.18 Å². The maximum Gasteiger partial charge on any atom is 0.253 e. The molecule has 1 aliphatic rings. The SMILES string of the molecule is COc1cccc(C2CN(Cc3cccc(C)n3)CC2CN(CC(C)C)C(=O)c2ccc(F)cc2)c1. The Morgan fingerprint density at radius 2 is 1.86 bits per heavy atom. The van der Waals surface area contributed by atoms with Crippen LogP contribution in [0.5, 0.6) is 5.75 Å². The topological polar surface area (TPSA) is 45.7 Å². The number of rotatable bonds is 9. The molecule has 5 nitrogen and oxygen atoms in total. The van der Waals surface area contributed by atoms with Gasteiger partial charge >= 0.3 is 0 Å². The number of pyridine rings is 1. The molecular weight excluding hydrogens is 453 g/mol. The molecule has 2 aromatic carbocycles. The second-order valence-corrected chi connectivity index (χ2v) is 10.2. The first-order valence-corrected chi connectivity index (χ1v) is 12.7. The Morgan fingerprint density at radius 1 is 1.11 bits per heavy atom. The van der Waals surface area contributed by atoms with Gasteiger partial charge in [-0.15, -0.1) is 0 Å². The summed E-state index contributed by atoms with van der Waals surface area (Å²) in [7, 11) is 1.69. The molecule has 0 bridgehead atoms. The van der Waals surface area contributed by atoms with E-state index >= 15 is 0 Å². The number of hydrogen-bond donors (Lipinski definition) is 0. The lowest BCUT2D eigenvalue weighted by atomic mass is 9.88. The Morgan fingerprint density at radius 3 is 2.56 bits per heavy atom. The minimum Gasteiger partial charge on any atom is -0.497 e. The normalized spacial score (nSPS) is 17.9. The largest absolute Gasteiger partial charge is 0.497 e. The van der Waals surface area contributed by atoms with Crippen molar-refractivity contribution in [1.82, 2.24) is 14.8 Å². The van der Waals surface area contributed by atoms with Gasteiger partial charge in [0.25, 0.3) is 5.91 Å². The minimum atomic E-state index is -0.337. The second-order valence-electron chi connectivity index (χ2n) is 10.2. The van der Waals surface area contributed by atoms with E-state index in [4.69, 9.17) is 9.72 Å². The standard InChI is InChI=1S/C30H36FN3O2/c1-21(2)16-34(30(35)23-11-13-26(31)14-12-23)18-25-17-33(19-27-9-5-7-22(3)32-27)20-29(25)24-8-6-10-28(15-24)36-4/h5-15,21,25,29H,16-20H2,1-4H3. The van der Waals surface area contributed by atoms with Gasteiger partial charge in [0.05, 0.1) is 12.8 Å². The number of carbonyl (C=O) groups is 1. The van der Waals surface area contributed by atoms with Gasteiger partial charge in [0.15, 0.2) is 0 Å². The summed E-state index contributed by atoms with van der Waals surface area (Å²) in [6, 6.07) is 20.3. The fraction of sp³-hybridized carbons (Fsp3) is 0.400. The predicted octanol–water partition coefficient (Wildman–Crippen LogP) is 5.55. The fourth-order valence-electron chi connectivity index (χ4n) is 5.18. The number of likely N-dealkylation sites (tertiary alicyclic amines) is 1. The molecule has 6 heteroatoms. The lowest BCUT2D eigenvalue weighted by Gasteiger charge is -2.30.